The number of rotatable bonds is 0. The summed E-state index contributed by atoms with van der Waals surface area (Å²) in [5.74, 6) is 0. The minimum absolute atomic E-state index is 0. The maximum atomic E-state index is 0. The summed E-state index contributed by atoms with van der Waals surface area (Å²) in [6.07, 6.45) is 0. The second kappa shape index (κ2) is 43.0. The molecule has 4 radical (unpaired) electrons. The predicted molar refractivity (Wildman–Crippen MR) is 5.75 cm³/mol. The Hall–Kier alpha value is 3.05. The normalized spacial score (nSPS) is 0. The summed E-state index contributed by atoms with van der Waals surface area (Å²) in [4.78, 5) is 0. The van der Waals surface area contributed by atoms with Gasteiger partial charge in [-0.25, -0.2) is 0 Å². The second-order valence-electron chi connectivity index (χ2n) is 0. The van der Waals surface area contributed by atoms with Crippen LogP contribution in [0, 0.1) is 0 Å². The van der Waals surface area contributed by atoms with Gasteiger partial charge in [-0.3, -0.25) is 0 Å². The SMILES string of the molecule is [Al].[Co].[Cr].[Ni].[Ni].[Ni]. The molecule has 0 atom stereocenters. The van der Waals surface area contributed by atoms with E-state index in [1.165, 1.54) is 0 Å². The predicted octanol–water partition coefficient (Wildman–Crippen LogP) is -0.393. The average molecular weight is 314 g/mol. The van der Waals surface area contributed by atoms with Crippen LogP contribution in [0.4, 0.5) is 0 Å². The summed E-state index contributed by atoms with van der Waals surface area (Å²) in [5, 5.41) is 0. The fourth-order valence-electron chi connectivity index (χ4n) is 0. The van der Waals surface area contributed by atoms with E-state index in [1.807, 2.05) is 0 Å². The molecule has 0 aromatic carbocycles. The standard InChI is InChI=1S/Al.Co.Cr.3Ni. The van der Waals surface area contributed by atoms with Gasteiger partial charge in [-0.1, -0.05) is 0 Å². The van der Waals surface area contributed by atoms with Crippen molar-refractivity contribution in [1.29, 1.82) is 0 Å². The van der Waals surface area contributed by atoms with E-state index >= 15 is 0 Å². The largest absolute Gasteiger partial charge is 0 e. The first kappa shape index (κ1) is 63.0. The van der Waals surface area contributed by atoms with E-state index in [9.17, 15) is 0 Å². The van der Waals surface area contributed by atoms with Gasteiger partial charge in [0.1, 0.15) is 0 Å². The Balaban J connectivity index is 0. The van der Waals surface area contributed by atoms with Gasteiger partial charge in [0.05, 0.1) is 0 Å². The van der Waals surface area contributed by atoms with Gasteiger partial charge in [0.15, 0.2) is 0 Å². The van der Waals surface area contributed by atoms with Crippen molar-refractivity contribution in [2.75, 3.05) is 0 Å². The van der Waals surface area contributed by atoms with Gasteiger partial charge in [0.25, 0.3) is 0 Å². The quantitative estimate of drug-likeness (QED) is 0.534. The summed E-state index contributed by atoms with van der Waals surface area (Å²) >= 11 is 0. The van der Waals surface area contributed by atoms with Crippen molar-refractivity contribution in [3.8, 4) is 0 Å². The first-order chi connectivity index (χ1) is 0. The Morgan fingerprint density at radius 3 is 0.667 bits per heavy atom. The molecule has 0 nitrogen and oxygen atoms in total. The van der Waals surface area contributed by atoms with Gasteiger partial charge >= 0.3 is 0 Å². The molecule has 0 aromatic rings. The molecule has 0 saturated heterocycles. The molecule has 0 fully saturated rings. The molecule has 0 N–H and O–H groups in total. The van der Waals surface area contributed by atoms with E-state index in [0.29, 0.717) is 0 Å². The molecule has 0 amide bonds. The summed E-state index contributed by atoms with van der Waals surface area (Å²) in [7, 11) is 0. The smallest absolute Gasteiger partial charge is 0 e. The van der Waals surface area contributed by atoms with Gasteiger partial charge in [0.2, 0.25) is 0 Å². The summed E-state index contributed by atoms with van der Waals surface area (Å²) in [6, 6.07) is 0. The fourth-order valence-corrected chi connectivity index (χ4v) is 0. The molecule has 0 spiro atoms. The maximum Gasteiger partial charge on any atom is 0 e. The average Bonchev–Trinajstić information content (AvgIpc) is 0. The molecule has 48 valence electrons. The van der Waals surface area contributed by atoms with Crippen molar-refractivity contribution in [1.82, 2.24) is 0 Å². The molecule has 0 unspecified atom stereocenters. The van der Waals surface area contributed by atoms with Crippen LogP contribution in [-0.2, 0) is 83.6 Å². The molecule has 0 aliphatic heterocycles. The van der Waals surface area contributed by atoms with Crippen molar-refractivity contribution >= 4 is 17.4 Å². The Morgan fingerprint density at radius 2 is 0.667 bits per heavy atom. The van der Waals surface area contributed by atoms with E-state index < -0.39 is 0 Å². The summed E-state index contributed by atoms with van der Waals surface area (Å²) in [5.41, 5.74) is 0. The zero-order valence-electron chi connectivity index (χ0n) is 2.27. The minimum atomic E-state index is 0. The van der Waals surface area contributed by atoms with Gasteiger partial charge in [-0.15, -0.1) is 0 Å². The summed E-state index contributed by atoms with van der Waals surface area (Å²) in [6.45, 7) is 0. The van der Waals surface area contributed by atoms with Crippen LogP contribution in [0.25, 0.3) is 0 Å². The molecule has 0 aromatic heterocycles. The van der Waals surface area contributed by atoms with Crippen LogP contribution in [0.1, 0.15) is 0 Å². The third-order valence-corrected chi connectivity index (χ3v) is 0. The molecular weight excluding hydrogens is 314 g/mol. The Labute approximate surface area is 99.6 Å². The fraction of sp³-hybridized carbons (Fsp3) is 0. The van der Waals surface area contributed by atoms with E-state index in [2.05, 4.69) is 0 Å². The third kappa shape index (κ3) is 27.7. The molecule has 0 bridgehead atoms. The van der Waals surface area contributed by atoms with Gasteiger partial charge in [0, 0.05) is 101 Å². The first-order valence-electron chi connectivity index (χ1n) is 0. The molecule has 6 heteroatoms. The number of hydrogen-bond donors (Lipinski definition) is 0. The van der Waals surface area contributed by atoms with Crippen molar-refractivity contribution in [2.24, 2.45) is 0 Å². The van der Waals surface area contributed by atoms with Crippen LogP contribution in [0.5, 0.6) is 0 Å². The maximum absolute atomic E-state index is 0. The van der Waals surface area contributed by atoms with Crippen LogP contribution >= 0.6 is 0 Å². The zero-order valence-corrected chi connectivity index (χ0v) is 8.70. The molecule has 0 heterocycles. The molecule has 0 saturated carbocycles. The second-order valence-corrected chi connectivity index (χ2v) is 0. The minimum Gasteiger partial charge on any atom is 0 e. The van der Waals surface area contributed by atoms with Crippen LogP contribution in [0.15, 0.2) is 0 Å². The van der Waals surface area contributed by atoms with Crippen LogP contribution in [0.3, 0.4) is 0 Å². The van der Waals surface area contributed by atoms with Crippen molar-refractivity contribution in [3.63, 3.8) is 0 Å². The molecular formula is AlCoCrNi3. The molecule has 0 aliphatic rings. The first-order valence-corrected chi connectivity index (χ1v) is 0. The van der Waals surface area contributed by atoms with E-state index in [1.54, 1.807) is 0 Å². The van der Waals surface area contributed by atoms with Crippen molar-refractivity contribution in [3.05, 3.63) is 0 Å². The Kier molecular flexibility index (Phi) is 451. The van der Waals surface area contributed by atoms with Crippen LogP contribution in [-0.4, -0.2) is 17.4 Å². The van der Waals surface area contributed by atoms with Crippen LogP contribution in [0.2, 0.25) is 0 Å². The monoisotopic (exact) mass is 312 g/mol. The molecule has 0 rings (SSSR count). The molecule has 6 heavy (non-hydrogen) atoms. The topological polar surface area (TPSA) is 0 Å². The van der Waals surface area contributed by atoms with E-state index in [-0.39, 0.29) is 101 Å². The van der Waals surface area contributed by atoms with Gasteiger partial charge < -0.3 is 0 Å². The molecule has 0 aliphatic carbocycles. The number of hydrogen-bond acceptors (Lipinski definition) is 0. The Morgan fingerprint density at radius 1 is 0.667 bits per heavy atom. The zero-order chi connectivity index (χ0) is 0. The van der Waals surface area contributed by atoms with Gasteiger partial charge in [-0.2, -0.15) is 0 Å². The van der Waals surface area contributed by atoms with Crippen molar-refractivity contribution < 1.29 is 83.6 Å². The van der Waals surface area contributed by atoms with E-state index in [4.69, 9.17) is 0 Å². The van der Waals surface area contributed by atoms with Crippen molar-refractivity contribution in [2.45, 2.75) is 0 Å². The van der Waals surface area contributed by atoms with Crippen LogP contribution < -0.4 is 0 Å². The van der Waals surface area contributed by atoms with E-state index in [0.717, 1.165) is 0 Å². The third-order valence-electron chi connectivity index (χ3n) is 0. The van der Waals surface area contributed by atoms with Gasteiger partial charge in [-0.05, 0) is 0 Å². The Bertz CT molecular complexity index is 10.8. The summed E-state index contributed by atoms with van der Waals surface area (Å²) < 4.78 is 0.